The predicted octanol–water partition coefficient (Wildman–Crippen LogP) is 3.70. The number of carbonyl (C=O) groups excluding carboxylic acids is 1. The van der Waals surface area contributed by atoms with Crippen molar-refractivity contribution in [2.45, 2.75) is 6.92 Å². The molecule has 7 heteroatoms. The Morgan fingerprint density at radius 1 is 1.12 bits per heavy atom. The highest BCUT2D eigenvalue weighted by molar-refractivity contribution is 6.35. The van der Waals surface area contributed by atoms with Crippen LogP contribution in [0.1, 0.15) is 16.1 Å². The molecule has 0 unspecified atom stereocenters. The first-order valence-corrected chi connectivity index (χ1v) is 8.87. The van der Waals surface area contributed by atoms with E-state index in [0.29, 0.717) is 0 Å². The summed E-state index contributed by atoms with van der Waals surface area (Å²) < 4.78 is 0. The van der Waals surface area contributed by atoms with Crippen molar-refractivity contribution in [2.24, 2.45) is 0 Å². The third-order valence-electron chi connectivity index (χ3n) is 4.35. The molecule has 0 aliphatic carbocycles. The lowest BCUT2D eigenvalue weighted by Gasteiger charge is -2.34. The molecule has 1 saturated heterocycles. The lowest BCUT2D eigenvalue weighted by molar-refractivity contribution is 0.102. The van der Waals surface area contributed by atoms with Crippen LogP contribution >= 0.6 is 23.2 Å². The maximum atomic E-state index is 12.4. The zero-order valence-electron chi connectivity index (χ0n) is 14.2. The molecule has 5 nitrogen and oxygen atoms in total. The third-order valence-corrected chi connectivity index (χ3v) is 4.87. The van der Waals surface area contributed by atoms with E-state index in [-0.39, 0.29) is 21.8 Å². The average molecular weight is 379 g/mol. The van der Waals surface area contributed by atoms with E-state index in [4.69, 9.17) is 23.2 Å². The summed E-state index contributed by atoms with van der Waals surface area (Å²) in [6, 6.07) is 9.15. The first-order chi connectivity index (χ1) is 11.9. The van der Waals surface area contributed by atoms with Crippen molar-refractivity contribution in [3.8, 4) is 0 Å². The van der Waals surface area contributed by atoms with E-state index >= 15 is 0 Å². The van der Waals surface area contributed by atoms with Gasteiger partial charge in [-0.1, -0.05) is 23.2 Å². The van der Waals surface area contributed by atoms with E-state index in [0.717, 1.165) is 37.4 Å². The summed E-state index contributed by atoms with van der Waals surface area (Å²) in [6.07, 6.45) is 0. The molecule has 1 aromatic heterocycles. The molecule has 1 aliphatic heterocycles. The van der Waals surface area contributed by atoms with Crippen LogP contribution in [0.2, 0.25) is 10.2 Å². The molecule has 132 valence electrons. The summed E-state index contributed by atoms with van der Waals surface area (Å²) in [4.78, 5) is 21.1. The van der Waals surface area contributed by atoms with Crippen LogP contribution in [0.3, 0.4) is 0 Å². The van der Waals surface area contributed by atoms with E-state index in [2.05, 4.69) is 33.2 Å². The van der Waals surface area contributed by atoms with Gasteiger partial charge in [-0.3, -0.25) is 4.79 Å². The number of hydrogen-bond acceptors (Lipinski definition) is 4. The van der Waals surface area contributed by atoms with Crippen LogP contribution in [0.25, 0.3) is 0 Å². The molecule has 2 heterocycles. The molecule has 3 rings (SSSR count). The molecule has 25 heavy (non-hydrogen) atoms. The summed E-state index contributed by atoms with van der Waals surface area (Å²) in [5.41, 5.74) is 3.02. The maximum Gasteiger partial charge on any atom is 0.275 e. The zero-order valence-corrected chi connectivity index (χ0v) is 15.7. The fourth-order valence-electron chi connectivity index (χ4n) is 2.81. The first-order valence-electron chi connectivity index (χ1n) is 8.11. The number of aryl methyl sites for hydroxylation is 1. The number of aromatic nitrogens is 1. The van der Waals surface area contributed by atoms with Gasteiger partial charge in [-0.2, -0.15) is 0 Å². The van der Waals surface area contributed by atoms with Crippen LogP contribution in [0, 0.1) is 6.92 Å². The Balaban J connectivity index is 1.75. The highest BCUT2D eigenvalue weighted by atomic mass is 35.5. The topological polar surface area (TPSA) is 48.5 Å². The number of piperazine rings is 1. The van der Waals surface area contributed by atoms with E-state index in [9.17, 15) is 4.79 Å². The summed E-state index contributed by atoms with van der Waals surface area (Å²) >= 11 is 11.9. The molecule has 0 saturated carbocycles. The van der Waals surface area contributed by atoms with Gasteiger partial charge in [-0.25, -0.2) is 4.98 Å². The minimum Gasteiger partial charge on any atom is -0.369 e. The molecule has 1 N–H and O–H groups in total. The smallest absolute Gasteiger partial charge is 0.275 e. The van der Waals surface area contributed by atoms with Gasteiger partial charge >= 0.3 is 0 Å². The number of halogens is 2. The summed E-state index contributed by atoms with van der Waals surface area (Å²) in [6.45, 7) is 6.09. The number of pyridine rings is 1. The van der Waals surface area contributed by atoms with E-state index < -0.39 is 0 Å². The molecule has 1 fully saturated rings. The fraction of sp³-hybridized carbons (Fsp3) is 0.333. The molecule has 0 spiro atoms. The molecule has 1 aromatic carbocycles. The molecule has 0 radical (unpaired) electrons. The Kier molecular flexibility index (Phi) is 5.47. The van der Waals surface area contributed by atoms with Crippen molar-refractivity contribution in [1.82, 2.24) is 9.88 Å². The number of hydrogen-bond donors (Lipinski definition) is 1. The zero-order chi connectivity index (χ0) is 18.0. The van der Waals surface area contributed by atoms with E-state index in [1.807, 2.05) is 19.1 Å². The van der Waals surface area contributed by atoms with Crippen LogP contribution in [0.4, 0.5) is 11.4 Å². The number of anilines is 2. The van der Waals surface area contributed by atoms with Gasteiger partial charge in [0.05, 0.1) is 5.02 Å². The molecular weight excluding hydrogens is 359 g/mol. The monoisotopic (exact) mass is 378 g/mol. The second-order valence-corrected chi connectivity index (χ2v) is 7.00. The Hall–Kier alpha value is -1.82. The molecule has 0 bridgehead atoms. The van der Waals surface area contributed by atoms with Crippen molar-refractivity contribution in [3.05, 3.63) is 51.8 Å². The van der Waals surface area contributed by atoms with Gasteiger partial charge in [0.25, 0.3) is 5.91 Å². The lowest BCUT2D eigenvalue weighted by atomic mass is 10.1. The normalized spacial score (nSPS) is 15.3. The summed E-state index contributed by atoms with van der Waals surface area (Å²) in [7, 11) is 2.14. The molecule has 1 aliphatic rings. The minimum atomic E-state index is -0.372. The molecule has 1 amide bonds. The van der Waals surface area contributed by atoms with Gasteiger partial charge < -0.3 is 15.1 Å². The largest absolute Gasteiger partial charge is 0.369 e. The lowest BCUT2D eigenvalue weighted by Crippen LogP contribution is -2.44. The SMILES string of the molecule is Cc1cc(N2CCN(C)CC2)ccc1NC(=O)c1nc(Cl)ccc1Cl. The van der Waals surface area contributed by atoms with Crippen molar-refractivity contribution in [2.75, 3.05) is 43.4 Å². The van der Waals surface area contributed by atoms with Gasteiger partial charge in [0.1, 0.15) is 10.8 Å². The van der Waals surface area contributed by atoms with Gasteiger partial charge in [-0.15, -0.1) is 0 Å². The Morgan fingerprint density at radius 3 is 2.52 bits per heavy atom. The molecule has 0 atom stereocenters. The van der Waals surface area contributed by atoms with Crippen molar-refractivity contribution in [1.29, 1.82) is 0 Å². The Labute approximate surface area is 157 Å². The quantitative estimate of drug-likeness (QED) is 0.827. The highest BCUT2D eigenvalue weighted by Crippen LogP contribution is 2.25. The fourth-order valence-corrected chi connectivity index (χ4v) is 3.15. The number of likely N-dealkylation sites (N-methyl/N-ethyl adjacent to an activating group) is 1. The summed E-state index contributed by atoms with van der Waals surface area (Å²) in [5.74, 6) is -0.372. The maximum absolute atomic E-state index is 12.4. The van der Waals surface area contributed by atoms with Crippen LogP contribution in [-0.2, 0) is 0 Å². The van der Waals surface area contributed by atoms with Gasteiger partial charge in [-0.05, 0) is 49.9 Å². The molecule has 2 aromatic rings. The summed E-state index contributed by atoms with van der Waals surface area (Å²) in [5, 5.41) is 3.37. The number of carbonyl (C=O) groups is 1. The van der Waals surface area contributed by atoms with Crippen LogP contribution in [0.15, 0.2) is 30.3 Å². The Bertz CT molecular complexity index is 789. The number of nitrogens with one attached hydrogen (secondary N) is 1. The average Bonchev–Trinajstić information content (AvgIpc) is 2.59. The number of rotatable bonds is 3. The van der Waals surface area contributed by atoms with Crippen LogP contribution < -0.4 is 10.2 Å². The van der Waals surface area contributed by atoms with Crippen LogP contribution in [0.5, 0.6) is 0 Å². The second kappa shape index (κ2) is 7.60. The first kappa shape index (κ1) is 18.0. The van der Waals surface area contributed by atoms with Crippen molar-refractivity contribution < 1.29 is 4.79 Å². The van der Waals surface area contributed by atoms with Crippen molar-refractivity contribution in [3.63, 3.8) is 0 Å². The van der Waals surface area contributed by atoms with Crippen LogP contribution in [-0.4, -0.2) is 49.0 Å². The van der Waals surface area contributed by atoms with Gasteiger partial charge in [0, 0.05) is 37.6 Å². The van der Waals surface area contributed by atoms with E-state index in [1.54, 1.807) is 12.1 Å². The van der Waals surface area contributed by atoms with Crippen molar-refractivity contribution >= 4 is 40.5 Å². The minimum absolute atomic E-state index is 0.122. The standard InChI is InChI=1S/C18H20Cl2N4O/c1-12-11-13(24-9-7-23(2)8-10-24)3-5-15(12)21-18(25)17-14(19)4-6-16(20)22-17/h3-6,11H,7-10H2,1-2H3,(H,21,25). The van der Waals surface area contributed by atoms with Gasteiger partial charge in [0.2, 0.25) is 0 Å². The number of nitrogens with zero attached hydrogens (tertiary/aromatic N) is 3. The number of amides is 1. The second-order valence-electron chi connectivity index (χ2n) is 6.21. The van der Waals surface area contributed by atoms with E-state index in [1.165, 1.54) is 5.69 Å². The predicted molar refractivity (Wildman–Crippen MR) is 103 cm³/mol. The number of benzene rings is 1. The third kappa shape index (κ3) is 4.24. The van der Waals surface area contributed by atoms with Gasteiger partial charge in [0.15, 0.2) is 0 Å². The molecular formula is C18H20Cl2N4O. The highest BCUT2D eigenvalue weighted by Gasteiger charge is 2.17. The Morgan fingerprint density at radius 2 is 1.84 bits per heavy atom.